The Hall–Kier alpha value is -0.770. The molecule has 1 heterocycles. The standard InChI is InChI=1S/C13H16Cl2N2O/c1-7(2)17-11(18)6-10(16)13(17)12-8(14)4-3-5-9(12)15/h3-5,7,10,13H,6,16H2,1-2H3. The van der Waals surface area contributed by atoms with Crippen LogP contribution in [0.1, 0.15) is 31.9 Å². The third kappa shape index (κ3) is 2.22. The highest BCUT2D eigenvalue weighted by Crippen LogP contribution is 2.40. The summed E-state index contributed by atoms with van der Waals surface area (Å²) in [6.45, 7) is 3.93. The van der Waals surface area contributed by atoms with Gasteiger partial charge in [-0.05, 0) is 26.0 Å². The van der Waals surface area contributed by atoms with Gasteiger partial charge in [-0.2, -0.15) is 0 Å². The maximum Gasteiger partial charge on any atom is 0.225 e. The SMILES string of the molecule is CC(C)N1C(=O)CC(N)C1c1c(Cl)cccc1Cl. The molecule has 3 nitrogen and oxygen atoms in total. The molecule has 0 spiro atoms. The number of rotatable bonds is 2. The lowest BCUT2D eigenvalue weighted by Gasteiger charge is -2.31. The molecule has 2 rings (SSSR count). The number of carbonyl (C=O) groups excluding carboxylic acids is 1. The van der Waals surface area contributed by atoms with Crippen LogP contribution in [-0.4, -0.2) is 22.9 Å². The summed E-state index contributed by atoms with van der Waals surface area (Å²) < 4.78 is 0. The van der Waals surface area contributed by atoms with E-state index >= 15 is 0 Å². The molecule has 0 aromatic heterocycles. The van der Waals surface area contributed by atoms with Crippen molar-refractivity contribution in [3.05, 3.63) is 33.8 Å². The molecule has 1 saturated heterocycles. The Morgan fingerprint density at radius 3 is 2.39 bits per heavy atom. The molecule has 0 radical (unpaired) electrons. The number of halogens is 2. The fourth-order valence-corrected chi connectivity index (χ4v) is 3.16. The van der Waals surface area contributed by atoms with E-state index in [1.807, 2.05) is 13.8 Å². The van der Waals surface area contributed by atoms with E-state index < -0.39 is 0 Å². The first kappa shape index (κ1) is 13.7. The van der Waals surface area contributed by atoms with Crippen LogP contribution in [0.4, 0.5) is 0 Å². The van der Waals surface area contributed by atoms with Crippen LogP contribution in [-0.2, 0) is 4.79 Å². The second-order valence-corrected chi connectivity index (χ2v) is 5.66. The van der Waals surface area contributed by atoms with Crippen molar-refractivity contribution in [3.63, 3.8) is 0 Å². The number of nitrogens with two attached hydrogens (primary N) is 1. The van der Waals surface area contributed by atoms with Gasteiger partial charge in [-0.1, -0.05) is 29.3 Å². The van der Waals surface area contributed by atoms with Gasteiger partial charge in [0.25, 0.3) is 0 Å². The molecule has 1 fully saturated rings. The predicted molar refractivity (Wildman–Crippen MR) is 73.8 cm³/mol. The van der Waals surface area contributed by atoms with Crippen LogP contribution in [0, 0.1) is 0 Å². The Morgan fingerprint density at radius 2 is 1.89 bits per heavy atom. The number of amides is 1. The van der Waals surface area contributed by atoms with Gasteiger partial charge >= 0.3 is 0 Å². The third-order valence-electron chi connectivity index (χ3n) is 3.26. The molecule has 0 bridgehead atoms. The van der Waals surface area contributed by atoms with Crippen molar-refractivity contribution in [2.24, 2.45) is 5.73 Å². The van der Waals surface area contributed by atoms with Crippen LogP contribution >= 0.6 is 23.2 Å². The van der Waals surface area contributed by atoms with E-state index in [0.29, 0.717) is 16.5 Å². The average molecular weight is 287 g/mol. The molecular formula is C13H16Cl2N2O. The van der Waals surface area contributed by atoms with Gasteiger partial charge in [0.2, 0.25) is 5.91 Å². The fourth-order valence-electron chi connectivity index (χ4n) is 2.54. The normalized spacial score (nSPS) is 24.1. The second-order valence-electron chi connectivity index (χ2n) is 4.84. The number of likely N-dealkylation sites (tertiary alicyclic amines) is 1. The molecule has 1 aromatic rings. The third-order valence-corrected chi connectivity index (χ3v) is 3.91. The summed E-state index contributed by atoms with van der Waals surface area (Å²) in [5.41, 5.74) is 6.84. The Labute approximate surface area is 117 Å². The molecular weight excluding hydrogens is 271 g/mol. The first-order valence-electron chi connectivity index (χ1n) is 5.94. The monoisotopic (exact) mass is 286 g/mol. The van der Waals surface area contributed by atoms with Gasteiger partial charge in [-0.3, -0.25) is 4.79 Å². The van der Waals surface area contributed by atoms with Crippen molar-refractivity contribution in [1.82, 2.24) is 4.90 Å². The number of carbonyl (C=O) groups is 1. The van der Waals surface area contributed by atoms with Gasteiger partial charge < -0.3 is 10.6 Å². The van der Waals surface area contributed by atoms with E-state index in [0.717, 1.165) is 5.56 Å². The molecule has 0 saturated carbocycles. The van der Waals surface area contributed by atoms with Crippen molar-refractivity contribution in [1.29, 1.82) is 0 Å². The lowest BCUT2D eigenvalue weighted by atomic mass is 10.00. The topological polar surface area (TPSA) is 46.3 Å². The van der Waals surface area contributed by atoms with Crippen LogP contribution < -0.4 is 5.73 Å². The zero-order valence-electron chi connectivity index (χ0n) is 10.4. The highest BCUT2D eigenvalue weighted by atomic mass is 35.5. The van der Waals surface area contributed by atoms with E-state index in [4.69, 9.17) is 28.9 Å². The van der Waals surface area contributed by atoms with Gasteiger partial charge in [-0.15, -0.1) is 0 Å². The van der Waals surface area contributed by atoms with E-state index in [9.17, 15) is 4.79 Å². The van der Waals surface area contributed by atoms with Crippen molar-refractivity contribution >= 4 is 29.1 Å². The lowest BCUT2D eigenvalue weighted by molar-refractivity contribution is -0.130. The summed E-state index contributed by atoms with van der Waals surface area (Å²) >= 11 is 12.4. The van der Waals surface area contributed by atoms with Gasteiger partial charge in [0.15, 0.2) is 0 Å². The molecule has 5 heteroatoms. The summed E-state index contributed by atoms with van der Waals surface area (Å²) in [4.78, 5) is 13.8. The van der Waals surface area contributed by atoms with Crippen LogP contribution in [0.25, 0.3) is 0 Å². The first-order chi connectivity index (χ1) is 8.43. The minimum absolute atomic E-state index is 0.0542. The summed E-state index contributed by atoms with van der Waals surface area (Å²) in [5.74, 6) is 0.0542. The number of hydrogen-bond donors (Lipinski definition) is 1. The zero-order chi connectivity index (χ0) is 13.4. The van der Waals surface area contributed by atoms with Crippen LogP contribution in [0.5, 0.6) is 0 Å². The largest absolute Gasteiger partial charge is 0.331 e. The minimum Gasteiger partial charge on any atom is -0.331 e. The van der Waals surface area contributed by atoms with E-state index in [-0.39, 0.29) is 24.0 Å². The van der Waals surface area contributed by atoms with Gasteiger partial charge in [0.1, 0.15) is 0 Å². The van der Waals surface area contributed by atoms with Crippen molar-refractivity contribution in [2.75, 3.05) is 0 Å². The molecule has 1 aliphatic heterocycles. The van der Waals surface area contributed by atoms with Gasteiger partial charge in [-0.25, -0.2) is 0 Å². The van der Waals surface area contributed by atoms with E-state index in [2.05, 4.69) is 0 Å². The predicted octanol–water partition coefficient (Wildman–Crippen LogP) is 3.00. The highest BCUT2D eigenvalue weighted by molar-refractivity contribution is 6.36. The molecule has 1 aromatic carbocycles. The molecule has 1 aliphatic rings. The number of nitrogens with zero attached hydrogens (tertiary/aromatic N) is 1. The molecule has 98 valence electrons. The molecule has 2 N–H and O–H groups in total. The van der Waals surface area contributed by atoms with E-state index in [1.165, 1.54) is 0 Å². The maximum atomic E-state index is 12.0. The van der Waals surface area contributed by atoms with E-state index in [1.54, 1.807) is 23.1 Å². The van der Waals surface area contributed by atoms with Crippen LogP contribution in [0.3, 0.4) is 0 Å². The molecule has 1 amide bonds. The number of hydrogen-bond acceptors (Lipinski definition) is 2. The summed E-state index contributed by atoms with van der Waals surface area (Å²) in [6.07, 6.45) is 0.338. The Kier molecular flexibility index (Phi) is 3.85. The summed E-state index contributed by atoms with van der Waals surface area (Å²) in [5, 5.41) is 1.12. The quantitative estimate of drug-likeness (QED) is 0.909. The highest BCUT2D eigenvalue weighted by Gasteiger charge is 2.41. The minimum atomic E-state index is -0.266. The lowest BCUT2D eigenvalue weighted by Crippen LogP contribution is -2.38. The van der Waals surface area contributed by atoms with Crippen molar-refractivity contribution in [2.45, 2.75) is 38.4 Å². The number of benzene rings is 1. The Bertz CT molecular complexity index is 456. The first-order valence-corrected chi connectivity index (χ1v) is 6.69. The van der Waals surface area contributed by atoms with Gasteiger partial charge in [0, 0.05) is 34.1 Å². The second kappa shape index (κ2) is 5.08. The fraction of sp³-hybridized carbons (Fsp3) is 0.462. The Balaban J connectivity index is 2.50. The summed E-state index contributed by atoms with van der Waals surface area (Å²) in [7, 11) is 0. The van der Waals surface area contributed by atoms with Crippen LogP contribution in [0.2, 0.25) is 10.0 Å². The maximum absolute atomic E-state index is 12.0. The zero-order valence-corrected chi connectivity index (χ0v) is 11.9. The smallest absolute Gasteiger partial charge is 0.225 e. The van der Waals surface area contributed by atoms with Crippen molar-refractivity contribution < 1.29 is 4.79 Å². The van der Waals surface area contributed by atoms with Crippen LogP contribution in [0.15, 0.2) is 18.2 Å². The molecule has 18 heavy (non-hydrogen) atoms. The molecule has 0 aliphatic carbocycles. The molecule has 2 atom stereocenters. The van der Waals surface area contributed by atoms with Gasteiger partial charge in [0.05, 0.1) is 6.04 Å². The summed E-state index contributed by atoms with van der Waals surface area (Å²) in [6, 6.07) is 4.91. The van der Waals surface area contributed by atoms with Crippen molar-refractivity contribution in [3.8, 4) is 0 Å². The Morgan fingerprint density at radius 1 is 1.33 bits per heavy atom. The average Bonchev–Trinajstić information content (AvgIpc) is 2.54. The molecule has 2 unspecified atom stereocenters.